The van der Waals surface area contributed by atoms with Gasteiger partial charge in [0.1, 0.15) is 25.1 Å². The summed E-state index contributed by atoms with van der Waals surface area (Å²) in [5, 5.41) is 2.89. The first-order chi connectivity index (χ1) is 12.2. The fraction of sp³-hybridized carbons (Fsp3) is 0.211. The molecule has 0 fully saturated rings. The van der Waals surface area contributed by atoms with Gasteiger partial charge in [-0.05, 0) is 36.4 Å². The van der Waals surface area contributed by atoms with Crippen LogP contribution in [0.3, 0.4) is 0 Å². The number of para-hydroxylation sites is 2. The van der Waals surface area contributed by atoms with Gasteiger partial charge in [-0.3, -0.25) is 4.79 Å². The SMILES string of the molecule is O=C(NC[C@@H]1COc2ccccc2O1)C1=Cc2cc(Br)ccc2OC1. The molecule has 0 bridgehead atoms. The average Bonchev–Trinajstić information content (AvgIpc) is 2.65. The van der Waals surface area contributed by atoms with Gasteiger partial charge in [0.15, 0.2) is 11.5 Å². The smallest absolute Gasteiger partial charge is 0.250 e. The Morgan fingerprint density at radius 3 is 2.84 bits per heavy atom. The van der Waals surface area contributed by atoms with Crippen LogP contribution in [-0.4, -0.2) is 31.8 Å². The van der Waals surface area contributed by atoms with Gasteiger partial charge in [-0.15, -0.1) is 0 Å². The number of halogens is 1. The number of fused-ring (bicyclic) bond motifs is 2. The summed E-state index contributed by atoms with van der Waals surface area (Å²) in [4.78, 5) is 12.4. The number of carbonyl (C=O) groups is 1. The Balaban J connectivity index is 1.39. The number of hydrogen-bond acceptors (Lipinski definition) is 4. The van der Waals surface area contributed by atoms with Crippen LogP contribution in [-0.2, 0) is 4.79 Å². The Morgan fingerprint density at radius 1 is 1.12 bits per heavy atom. The van der Waals surface area contributed by atoms with Crippen molar-refractivity contribution in [1.29, 1.82) is 0 Å². The Bertz CT molecular complexity index is 849. The van der Waals surface area contributed by atoms with Crippen LogP contribution in [0.15, 0.2) is 52.5 Å². The van der Waals surface area contributed by atoms with Crippen LogP contribution >= 0.6 is 15.9 Å². The van der Waals surface area contributed by atoms with Crippen molar-refractivity contribution in [2.75, 3.05) is 19.8 Å². The lowest BCUT2D eigenvalue weighted by molar-refractivity contribution is -0.118. The third kappa shape index (κ3) is 3.49. The van der Waals surface area contributed by atoms with Crippen molar-refractivity contribution in [3.05, 3.63) is 58.1 Å². The van der Waals surface area contributed by atoms with E-state index in [0.29, 0.717) is 24.5 Å². The fourth-order valence-electron chi connectivity index (χ4n) is 2.76. The van der Waals surface area contributed by atoms with E-state index >= 15 is 0 Å². The number of hydrogen-bond donors (Lipinski definition) is 1. The van der Waals surface area contributed by atoms with E-state index in [4.69, 9.17) is 14.2 Å². The van der Waals surface area contributed by atoms with Gasteiger partial charge in [-0.25, -0.2) is 0 Å². The molecule has 2 aromatic carbocycles. The summed E-state index contributed by atoms with van der Waals surface area (Å²) in [6.07, 6.45) is 1.64. The molecule has 0 saturated carbocycles. The Labute approximate surface area is 153 Å². The van der Waals surface area contributed by atoms with Crippen LogP contribution in [0, 0.1) is 0 Å². The summed E-state index contributed by atoms with van der Waals surface area (Å²) < 4.78 is 18.1. The van der Waals surface area contributed by atoms with E-state index in [1.54, 1.807) is 0 Å². The van der Waals surface area contributed by atoms with Gasteiger partial charge in [-0.1, -0.05) is 28.1 Å². The van der Waals surface area contributed by atoms with Crippen molar-refractivity contribution in [1.82, 2.24) is 5.32 Å². The minimum atomic E-state index is -0.217. The lowest BCUT2D eigenvalue weighted by Gasteiger charge is -2.26. The molecule has 0 unspecified atom stereocenters. The first kappa shape index (κ1) is 16.0. The zero-order chi connectivity index (χ0) is 17.2. The molecule has 128 valence electrons. The highest BCUT2D eigenvalue weighted by Gasteiger charge is 2.23. The summed E-state index contributed by atoms with van der Waals surface area (Å²) in [5.74, 6) is 2.05. The molecule has 0 aliphatic carbocycles. The van der Waals surface area contributed by atoms with Crippen LogP contribution in [0.2, 0.25) is 0 Å². The topological polar surface area (TPSA) is 56.8 Å². The molecule has 0 radical (unpaired) electrons. The minimum absolute atomic E-state index is 0.159. The summed E-state index contributed by atoms with van der Waals surface area (Å²) in [6, 6.07) is 13.2. The summed E-state index contributed by atoms with van der Waals surface area (Å²) in [6.45, 7) is 1.03. The van der Waals surface area contributed by atoms with Crippen molar-refractivity contribution in [2.24, 2.45) is 0 Å². The lowest BCUT2D eigenvalue weighted by Crippen LogP contribution is -2.41. The number of ether oxygens (including phenoxy) is 3. The first-order valence-corrected chi connectivity index (χ1v) is 8.78. The highest BCUT2D eigenvalue weighted by atomic mass is 79.9. The van der Waals surface area contributed by atoms with Gasteiger partial charge in [-0.2, -0.15) is 0 Å². The van der Waals surface area contributed by atoms with Crippen LogP contribution in [0.25, 0.3) is 6.08 Å². The Kier molecular flexibility index (Phi) is 4.36. The predicted octanol–water partition coefficient (Wildman–Crippen LogP) is 3.18. The van der Waals surface area contributed by atoms with Crippen molar-refractivity contribution in [2.45, 2.75) is 6.10 Å². The average molecular weight is 402 g/mol. The maximum Gasteiger partial charge on any atom is 0.250 e. The van der Waals surface area contributed by atoms with E-state index in [1.165, 1.54) is 0 Å². The molecule has 5 nitrogen and oxygen atoms in total. The zero-order valence-electron chi connectivity index (χ0n) is 13.3. The van der Waals surface area contributed by atoms with E-state index in [2.05, 4.69) is 21.2 Å². The van der Waals surface area contributed by atoms with Gasteiger partial charge in [0.05, 0.1) is 12.1 Å². The molecule has 0 spiro atoms. The van der Waals surface area contributed by atoms with Crippen LogP contribution in [0.4, 0.5) is 0 Å². The standard InChI is InChI=1S/C19H16BrNO4/c20-14-5-6-16-12(8-14)7-13(10-23-16)19(22)21-9-15-11-24-17-3-1-2-4-18(17)25-15/h1-8,15H,9-11H2,(H,21,22)/t15-/m1/s1. The van der Waals surface area contributed by atoms with Crippen molar-refractivity contribution in [3.63, 3.8) is 0 Å². The van der Waals surface area contributed by atoms with E-state index < -0.39 is 0 Å². The van der Waals surface area contributed by atoms with Gasteiger partial charge < -0.3 is 19.5 Å². The lowest BCUT2D eigenvalue weighted by atomic mass is 10.1. The summed E-state index contributed by atoms with van der Waals surface area (Å²) in [5.41, 5.74) is 1.47. The molecular weight excluding hydrogens is 386 g/mol. The highest BCUT2D eigenvalue weighted by molar-refractivity contribution is 9.10. The normalized spacial score (nSPS) is 17.8. The van der Waals surface area contributed by atoms with E-state index in [0.717, 1.165) is 21.5 Å². The number of nitrogens with one attached hydrogen (secondary N) is 1. The van der Waals surface area contributed by atoms with Gasteiger partial charge in [0.25, 0.3) is 5.91 Å². The molecule has 25 heavy (non-hydrogen) atoms. The van der Waals surface area contributed by atoms with Crippen molar-refractivity contribution in [3.8, 4) is 17.2 Å². The molecule has 6 heteroatoms. The maximum absolute atomic E-state index is 12.4. The van der Waals surface area contributed by atoms with Crippen LogP contribution < -0.4 is 19.5 Å². The van der Waals surface area contributed by atoms with Crippen LogP contribution in [0.5, 0.6) is 17.2 Å². The second kappa shape index (κ2) is 6.80. The van der Waals surface area contributed by atoms with Crippen molar-refractivity contribution >= 4 is 27.9 Å². The predicted molar refractivity (Wildman–Crippen MR) is 97.0 cm³/mol. The number of amides is 1. The molecule has 1 atom stereocenters. The maximum atomic E-state index is 12.4. The van der Waals surface area contributed by atoms with E-state index in [1.807, 2.05) is 48.5 Å². The Morgan fingerprint density at radius 2 is 1.96 bits per heavy atom. The second-order valence-electron chi connectivity index (χ2n) is 5.85. The molecule has 1 amide bonds. The zero-order valence-corrected chi connectivity index (χ0v) is 14.9. The first-order valence-electron chi connectivity index (χ1n) is 7.98. The summed E-state index contributed by atoms with van der Waals surface area (Å²) >= 11 is 3.43. The molecule has 2 aliphatic heterocycles. The quantitative estimate of drug-likeness (QED) is 0.857. The molecule has 2 aromatic rings. The molecule has 0 saturated heterocycles. The number of benzene rings is 2. The van der Waals surface area contributed by atoms with E-state index in [9.17, 15) is 4.79 Å². The molecule has 1 N–H and O–H groups in total. The van der Waals surface area contributed by atoms with E-state index in [-0.39, 0.29) is 18.6 Å². The van der Waals surface area contributed by atoms with Crippen molar-refractivity contribution < 1.29 is 19.0 Å². The molecule has 2 aliphatic rings. The highest BCUT2D eigenvalue weighted by Crippen LogP contribution is 2.31. The molecule has 4 rings (SSSR count). The monoisotopic (exact) mass is 401 g/mol. The molecule has 0 aromatic heterocycles. The molecular formula is C19H16BrNO4. The third-order valence-electron chi connectivity index (χ3n) is 4.03. The van der Waals surface area contributed by atoms with Gasteiger partial charge in [0, 0.05) is 10.0 Å². The van der Waals surface area contributed by atoms with Crippen LogP contribution in [0.1, 0.15) is 5.56 Å². The summed E-state index contributed by atoms with van der Waals surface area (Å²) in [7, 11) is 0. The molecule has 2 heterocycles. The second-order valence-corrected chi connectivity index (χ2v) is 6.76. The number of rotatable bonds is 3. The fourth-order valence-corrected chi connectivity index (χ4v) is 3.14. The minimum Gasteiger partial charge on any atom is -0.488 e. The third-order valence-corrected chi connectivity index (χ3v) is 4.53. The largest absolute Gasteiger partial charge is 0.488 e. The number of carbonyl (C=O) groups excluding carboxylic acids is 1. The van der Waals surface area contributed by atoms with Gasteiger partial charge in [0.2, 0.25) is 0 Å². The Hall–Kier alpha value is -2.47. The van der Waals surface area contributed by atoms with Gasteiger partial charge >= 0.3 is 0 Å².